The molecule has 0 spiro atoms. The van der Waals surface area contributed by atoms with Gasteiger partial charge in [-0.1, -0.05) is 26.0 Å². The number of nitrogens with one attached hydrogen (secondary N) is 2. The molecular formula is C17H19N3O5. The molecule has 0 aliphatic heterocycles. The van der Waals surface area contributed by atoms with E-state index in [1.165, 1.54) is 19.2 Å². The van der Waals surface area contributed by atoms with Crippen LogP contribution in [0.15, 0.2) is 36.0 Å². The molecule has 0 radical (unpaired) electrons. The number of carboxylic acids is 1. The summed E-state index contributed by atoms with van der Waals surface area (Å²) >= 11 is 0. The van der Waals surface area contributed by atoms with Gasteiger partial charge >= 0.3 is 11.9 Å². The highest BCUT2D eigenvalue weighted by atomic mass is 16.5. The molecule has 3 N–H and O–H groups in total. The Morgan fingerprint density at radius 3 is 2.44 bits per heavy atom. The predicted molar refractivity (Wildman–Crippen MR) is 89.5 cm³/mol. The number of nitrogens with zero attached hydrogens (tertiary/aromatic N) is 1. The minimum absolute atomic E-state index is 0.134. The van der Waals surface area contributed by atoms with Gasteiger partial charge in [-0.25, -0.2) is 9.59 Å². The van der Waals surface area contributed by atoms with Crippen LogP contribution in [-0.2, 0) is 14.3 Å². The number of para-hydroxylation sites is 1. The Bertz CT molecular complexity index is 734. The number of rotatable bonds is 7. The van der Waals surface area contributed by atoms with Crippen LogP contribution < -0.4 is 10.6 Å². The van der Waals surface area contributed by atoms with Crippen LogP contribution in [0.1, 0.15) is 24.2 Å². The molecule has 1 amide bonds. The fourth-order valence-corrected chi connectivity index (χ4v) is 1.94. The van der Waals surface area contributed by atoms with Crippen molar-refractivity contribution in [2.75, 3.05) is 12.4 Å². The standard InChI is InChI=1S/C17H19N3O5/c1-10(2)14(16(22)23)19-9-11(8-18)15(21)20-13-7-5-4-6-12(13)17(24)25-3/h4-7,9-10,14,19H,1-3H3,(H,20,21)(H,22,23)/b11-9-. The highest BCUT2D eigenvalue weighted by molar-refractivity contribution is 6.09. The number of amides is 1. The predicted octanol–water partition coefficient (Wildman–Crippen LogP) is 1.52. The molecule has 25 heavy (non-hydrogen) atoms. The van der Waals surface area contributed by atoms with E-state index in [1.807, 2.05) is 0 Å². The third-order valence-corrected chi connectivity index (χ3v) is 3.29. The maximum atomic E-state index is 12.2. The normalized spacial score (nSPS) is 12.0. The van der Waals surface area contributed by atoms with Gasteiger partial charge in [0.15, 0.2) is 0 Å². The van der Waals surface area contributed by atoms with Crippen LogP contribution in [0.2, 0.25) is 0 Å². The van der Waals surface area contributed by atoms with Crippen molar-refractivity contribution >= 4 is 23.5 Å². The number of hydrogen-bond acceptors (Lipinski definition) is 6. The van der Waals surface area contributed by atoms with Gasteiger partial charge in [0.05, 0.1) is 18.4 Å². The summed E-state index contributed by atoms with van der Waals surface area (Å²) in [5.41, 5.74) is -0.0140. The van der Waals surface area contributed by atoms with Gasteiger partial charge in [-0.2, -0.15) is 5.26 Å². The lowest BCUT2D eigenvalue weighted by Gasteiger charge is -2.16. The van der Waals surface area contributed by atoms with E-state index in [1.54, 1.807) is 32.0 Å². The Kier molecular flexibility index (Phi) is 7.16. The van der Waals surface area contributed by atoms with Crippen LogP contribution in [-0.4, -0.2) is 36.1 Å². The Morgan fingerprint density at radius 1 is 1.28 bits per heavy atom. The Balaban J connectivity index is 2.98. The molecule has 8 heteroatoms. The molecule has 0 aliphatic carbocycles. The van der Waals surface area contributed by atoms with E-state index in [0.29, 0.717) is 0 Å². The molecule has 8 nitrogen and oxygen atoms in total. The van der Waals surface area contributed by atoms with Gasteiger partial charge in [0.2, 0.25) is 0 Å². The SMILES string of the molecule is COC(=O)c1ccccc1NC(=O)/C(C#N)=C\NC(C(=O)O)C(C)C. The second kappa shape index (κ2) is 9.08. The summed E-state index contributed by atoms with van der Waals surface area (Å²) < 4.78 is 4.63. The Morgan fingerprint density at radius 2 is 1.92 bits per heavy atom. The third-order valence-electron chi connectivity index (χ3n) is 3.29. The average molecular weight is 345 g/mol. The fraction of sp³-hybridized carbons (Fsp3) is 0.294. The summed E-state index contributed by atoms with van der Waals surface area (Å²) in [4.78, 5) is 35.0. The second-order valence-corrected chi connectivity index (χ2v) is 5.39. The molecule has 0 saturated heterocycles. The number of nitriles is 1. The first-order chi connectivity index (χ1) is 11.8. The van der Waals surface area contributed by atoms with Gasteiger partial charge in [-0.15, -0.1) is 0 Å². The van der Waals surface area contributed by atoms with Crippen molar-refractivity contribution in [2.24, 2.45) is 5.92 Å². The molecule has 1 rings (SSSR count). The number of hydrogen-bond donors (Lipinski definition) is 3. The Hall–Kier alpha value is -3.34. The van der Waals surface area contributed by atoms with E-state index in [0.717, 1.165) is 6.20 Å². The molecule has 0 heterocycles. The molecule has 0 fully saturated rings. The summed E-state index contributed by atoms with van der Waals surface area (Å²) in [6, 6.07) is 6.91. The molecule has 1 atom stereocenters. The smallest absolute Gasteiger partial charge is 0.339 e. The van der Waals surface area contributed by atoms with E-state index in [9.17, 15) is 14.4 Å². The summed E-state index contributed by atoms with van der Waals surface area (Å²) in [6.07, 6.45) is 1.05. The lowest BCUT2D eigenvalue weighted by atomic mass is 10.1. The number of anilines is 1. The van der Waals surface area contributed by atoms with E-state index < -0.39 is 23.9 Å². The van der Waals surface area contributed by atoms with Gasteiger partial charge in [-0.3, -0.25) is 4.79 Å². The highest BCUT2D eigenvalue weighted by Crippen LogP contribution is 2.16. The van der Waals surface area contributed by atoms with E-state index in [-0.39, 0.29) is 22.7 Å². The first kappa shape index (κ1) is 19.7. The number of ether oxygens (including phenoxy) is 1. The van der Waals surface area contributed by atoms with Gasteiger partial charge in [-0.05, 0) is 18.1 Å². The maximum Gasteiger partial charge on any atom is 0.339 e. The lowest BCUT2D eigenvalue weighted by molar-refractivity contribution is -0.140. The van der Waals surface area contributed by atoms with E-state index >= 15 is 0 Å². The summed E-state index contributed by atoms with van der Waals surface area (Å²) in [7, 11) is 1.21. The van der Waals surface area contributed by atoms with Crippen LogP contribution >= 0.6 is 0 Å². The summed E-state index contributed by atoms with van der Waals surface area (Å²) in [5.74, 6) is -2.77. The van der Waals surface area contributed by atoms with Crippen LogP contribution in [0.4, 0.5) is 5.69 Å². The van der Waals surface area contributed by atoms with Gasteiger partial charge in [0, 0.05) is 6.20 Å². The number of esters is 1. The van der Waals surface area contributed by atoms with E-state index in [2.05, 4.69) is 15.4 Å². The second-order valence-electron chi connectivity index (χ2n) is 5.39. The number of carbonyl (C=O) groups excluding carboxylic acids is 2. The van der Waals surface area contributed by atoms with Crippen LogP contribution in [0, 0.1) is 17.2 Å². The number of carbonyl (C=O) groups is 3. The number of carboxylic acid groups (broad SMARTS) is 1. The molecule has 0 aromatic heterocycles. The number of benzene rings is 1. The van der Waals surface area contributed by atoms with Crippen LogP contribution in [0.25, 0.3) is 0 Å². The van der Waals surface area contributed by atoms with Crippen molar-refractivity contribution < 1.29 is 24.2 Å². The lowest BCUT2D eigenvalue weighted by Crippen LogP contribution is -2.38. The van der Waals surface area contributed by atoms with Crippen molar-refractivity contribution in [1.29, 1.82) is 5.26 Å². The fourth-order valence-electron chi connectivity index (χ4n) is 1.94. The third kappa shape index (κ3) is 5.35. The van der Waals surface area contributed by atoms with E-state index in [4.69, 9.17) is 10.4 Å². The molecule has 1 unspecified atom stereocenters. The van der Waals surface area contributed by atoms with Crippen LogP contribution in [0.5, 0.6) is 0 Å². The molecule has 132 valence electrons. The van der Waals surface area contributed by atoms with Crippen molar-refractivity contribution in [3.63, 3.8) is 0 Å². The van der Waals surface area contributed by atoms with Crippen molar-refractivity contribution in [1.82, 2.24) is 5.32 Å². The van der Waals surface area contributed by atoms with Gasteiger partial charge in [0.25, 0.3) is 5.91 Å². The maximum absolute atomic E-state index is 12.2. The summed E-state index contributed by atoms with van der Waals surface area (Å²) in [6.45, 7) is 3.39. The van der Waals surface area contributed by atoms with Gasteiger partial charge in [0.1, 0.15) is 17.7 Å². The van der Waals surface area contributed by atoms with Crippen molar-refractivity contribution in [3.05, 3.63) is 41.6 Å². The first-order valence-corrected chi connectivity index (χ1v) is 7.39. The number of aliphatic carboxylic acids is 1. The zero-order valence-electron chi connectivity index (χ0n) is 14.1. The van der Waals surface area contributed by atoms with Gasteiger partial charge < -0.3 is 20.5 Å². The van der Waals surface area contributed by atoms with Crippen molar-refractivity contribution in [3.8, 4) is 6.07 Å². The monoisotopic (exact) mass is 345 g/mol. The largest absolute Gasteiger partial charge is 0.480 e. The van der Waals surface area contributed by atoms with Crippen molar-refractivity contribution in [2.45, 2.75) is 19.9 Å². The quantitative estimate of drug-likeness (QED) is 0.388. The number of methoxy groups -OCH3 is 1. The summed E-state index contributed by atoms with van der Waals surface area (Å²) in [5, 5.41) is 23.2. The molecule has 0 saturated carbocycles. The molecule has 0 bridgehead atoms. The Labute approximate surface area is 145 Å². The first-order valence-electron chi connectivity index (χ1n) is 7.39. The highest BCUT2D eigenvalue weighted by Gasteiger charge is 2.21. The van der Waals surface area contributed by atoms with Crippen LogP contribution in [0.3, 0.4) is 0 Å². The molecule has 1 aromatic carbocycles. The minimum atomic E-state index is -1.10. The molecular weight excluding hydrogens is 326 g/mol. The average Bonchev–Trinajstić information content (AvgIpc) is 2.57. The zero-order chi connectivity index (χ0) is 19.0. The molecule has 0 aliphatic rings. The molecule has 1 aromatic rings. The topological polar surface area (TPSA) is 129 Å². The zero-order valence-corrected chi connectivity index (χ0v) is 14.1. The minimum Gasteiger partial charge on any atom is -0.480 e.